The minimum atomic E-state index is -0.862. The first-order valence-corrected chi connectivity index (χ1v) is 9.22. The van der Waals surface area contributed by atoms with Crippen molar-refractivity contribution >= 4 is 23.5 Å². The molecule has 1 aromatic carbocycles. The van der Waals surface area contributed by atoms with E-state index in [1.54, 1.807) is 0 Å². The number of hydrogen-bond donors (Lipinski definition) is 3. The highest BCUT2D eigenvalue weighted by molar-refractivity contribution is 6.31. The summed E-state index contributed by atoms with van der Waals surface area (Å²) >= 11 is 5.95. The number of carbonyl (C=O) groups excluding carboxylic acids is 2. The van der Waals surface area contributed by atoms with Crippen molar-refractivity contribution in [1.29, 1.82) is 0 Å². The van der Waals surface area contributed by atoms with Crippen LogP contribution in [-0.4, -0.2) is 26.7 Å². The van der Waals surface area contributed by atoms with E-state index < -0.39 is 35.4 Å². The minimum absolute atomic E-state index is 0.0399. The predicted octanol–water partition coefficient (Wildman–Crippen LogP) is 3.42. The number of rotatable bonds is 4. The van der Waals surface area contributed by atoms with Crippen LogP contribution in [0.4, 0.5) is 18.0 Å². The summed E-state index contributed by atoms with van der Waals surface area (Å²) in [5.74, 6) is -2.75. The highest BCUT2D eigenvalue weighted by Crippen LogP contribution is 2.33. The number of carbonyl (C=O) groups is 2. The normalized spacial score (nSPS) is 11.7. The molecule has 0 aliphatic rings. The number of nitrogens with one attached hydrogen (secondary N) is 3. The molecule has 2 heterocycles. The molecule has 0 aliphatic carbocycles. The molecule has 8 nitrogen and oxygen atoms in total. The van der Waals surface area contributed by atoms with Crippen molar-refractivity contribution in [3.63, 3.8) is 0 Å². The van der Waals surface area contributed by atoms with E-state index in [2.05, 4.69) is 26.3 Å². The Hall–Kier alpha value is -3.60. The smallest absolute Gasteiger partial charge is 0.329 e. The summed E-state index contributed by atoms with van der Waals surface area (Å²) in [5.41, 5.74) is 4.22. The number of benzene rings is 1. The molecule has 0 saturated carbocycles. The highest BCUT2D eigenvalue weighted by Gasteiger charge is 2.20. The number of pyridine rings is 1. The van der Waals surface area contributed by atoms with E-state index in [-0.39, 0.29) is 27.5 Å². The van der Waals surface area contributed by atoms with Gasteiger partial charge in [0.05, 0.1) is 24.1 Å². The Labute approximate surface area is 179 Å². The van der Waals surface area contributed by atoms with Crippen molar-refractivity contribution < 1.29 is 22.8 Å². The monoisotopic (exact) mass is 452 g/mol. The number of amides is 3. The third-order valence-electron chi connectivity index (χ3n) is 4.10. The molecule has 3 aromatic rings. The van der Waals surface area contributed by atoms with Gasteiger partial charge in [-0.25, -0.2) is 28.1 Å². The van der Waals surface area contributed by atoms with Crippen molar-refractivity contribution in [3.05, 3.63) is 65.0 Å². The van der Waals surface area contributed by atoms with Crippen molar-refractivity contribution in [2.45, 2.75) is 19.9 Å². The standard InChI is InChI=1S/C19H16ClF3N6O2/c1-9(26-19(31)28-27-10(2)30)17-15(22)3-11(6-24-17)14-4-12(20)5-16(23)18(14)29-8-13(21)7-25-29/h3-9H,1-2H3,(H,27,30)(H2,26,28,31). The zero-order chi connectivity index (χ0) is 22.7. The van der Waals surface area contributed by atoms with Crippen LogP contribution in [0.15, 0.2) is 36.8 Å². The quantitative estimate of drug-likeness (QED) is 0.528. The first-order chi connectivity index (χ1) is 14.7. The third-order valence-corrected chi connectivity index (χ3v) is 4.32. The fourth-order valence-corrected chi connectivity index (χ4v) is 3.01. The van der Waals surface area contributed by atoms with E-state index >= 15 is 0 Å². The molecular formula is C19H16ClF3N6O2. The van der Waals surface area contributed by atoms with Crippen LogP contribution < -0.4 is 16.2 Å². The van der Waals surface area contributed by atoms with E-state index in [0.717, 1.165) is 29.2 Å². The van der Waals surface area contributed by atoms with Crippen LogP contribution in [0.1, 0.15) is 25.6 Å². The van der Waals surface area contributed by atoms with Gasteiger partial charge in [0, 0.05) is 29.3 Å². The van der Waals surface area contributed by atoms with E-state index in [1.165, 1.54) is 26.1 Å². The molecular weight excluding hydrogens is 437 g/mol. The maximum absolute atomic E-state index is 14.8. The maximum atomic E-state index is 14.8. The fourth-order valence-electron chi connectivity index (χ4n) is 2.80. The lowest BCUT2D eigenvalue weighted by Crippen LogP contribution is -2.46. The number of nitrogens with zero attached hydrogens (tertiary/aromatic N) is 3. The van der Waals surface area contributed by atoms with Crippen molar-refractivity contribution in [2.75, 3.05) is 0 Å². The van der Waals surface area contributed by atoms with Gasteiger partial charge in [0.2, 0.25) is 5.91 Å². The Morgan fingerprint density at radius 2 is 1.84 bits per heavy atom. The molecule has 3 N–H and O–H groups in total. The minimum Gasteiger partial charge on any atom is -0.329 e. The summed E-state index contributed by atoms with van der Waals surface area (Å²) in [6.45, 7) is 2.68. The van der Waals surface area contributed by atoms with Gasteiger partial charge in [-0.2, -0.15) is 5.10 Å². The third kappa shape index (κ3) is 5.12. The zero-order valence-corrected chi connectivity index (χ0v) is 17.0. The molecule has 2 aromatic heterocycles. The van der Waals surface area contributed by atoms with E-state index in [1.807, 2.05) is 0 Å². The Kier molecular flexibility index (Phi) is 6.44. The van der Waals surface area contributed by atoms with Crippen LogP contribution >= 0.6 is 11.6 Å². The van der Waals surface area contributed by atoms with Gasteiger partial charge in [-0.1, -0.05) is 11.6 Å². The molecule has 12 heteroatoms. The van der Waals surface area contributed by atoms with Gasteiger partial charge in [-0.15, -0.1) is 0 Å². The fraction of sp³-hybridized carbons (Fsp3) is 0.158. The van der Waals surface area contributed by atoms with Crippen molar-refractivity contribution in [2.24, 2.45) is 0 Å². The number of urea groups is 1. The average Bonchev–Trinajstić information content (AvgIpc) is 3.11. The summed E-state index contributed by atoms with van der Waals surface area (Å²) in [6.07, 6.45) is 3.13. The Bertz CT molecular complexity index is 1150. The average molecular weight is 453 g/mol. The SMILES string of the molecule is CC(=O)NNC(=O)NC(C)c1ncc(-c2cc(Cl)cc(F)c2-n2cc(F)cn2)cc1F. The molecule has 162 valence electrons. The number of hydrogen-bond acceptors (Lipinski definition) is 4. The second kappa shape index (κ2) is 9.04. The largest absolute Gasteiger partial charge is 0.334 e. The first kappa shape index (κ1) is 22.1. The van der Waals surface area contributed by atoms with Crippen LogP contribution in [0.5, 0.6) is 0 Å². The van der Waals surface area contributed by atoms with Gasteiger partial charge in [-0.05, 0) is 25.1 Å². The summed E-state index contributed by atoms with van der Waals surface area (Å²) in [7, 11) is 0. The van der Waals surface area contributed by atoms with Gasteiger partial charge in [-0.3, -0.25) is 15.2 Å². The van der Waals surface area contributed by atoms with Gasteiger partial charge in [0.1, 0.15) is 11.5 Å². The van der Waals surface area contributed by atoms with E-state index in [4.69, 9.17) is 11.6 Å². The summed E-state index contributed by atoms with van der Waals surface area (Å²) in [4.78, 5) is 26.6. The van der Waals surface area contributed by atoms with Crippen LogP contribution in [0, 0.1) is 17.5 Å². The lowest BCUT2D eigenvalue weighted by molar-refractivity contribution is -0.119. The topological polar surface area (TPSA) is 101 Å². The zero-order valence-electron chi connectivity index (χ0n) is 16.2. The second-order valence-electron chi connectivity index (χ2n) is 6.48. The lowest BCUT2D eigenvalue weighted by Gasteiger charge is -2.16. The van der Waals surface area contributed by atoms with Gasteiger partial charge >= 0.3 is 6.03 Å². The molecule has 3 amide bonds. The Balaban J connectivity index is 1.93. The van der Waals surface area contributed by atoms with Crippen LogP contribution in [0.25, 0.3) is 16.8 Å². The molecule has 1 unspecified atom stereocenters. The van der Waals surface area contributed by atoms with Gasteiger partial charge < -0.3 is 5.32 Å². The van der Waals surface area contributed by atoms with Crippen LogP contribution in [-0.2, 0) is 4.79 Å². The second-order valence-corrected chi connectivity index (χ2v) is 6.92. The summed E-state index contributed by atoms with van der Waals surface area (Å²) in [6, 6.07) is 1.85. The highest BCUT2D eigenvalue weighted by atomic mass is 35.5. The predicted molar refractivity (Wildman–Crippen MR) is 106 cm³/mol. The molecule has 0 saturated heterocycles. The van der Waals surface area contributed by atoms with Gasteiger partial charge in [0.15, 0.2) is 11.6 Å². The lowest BCUT2D eigenvalue weighted by atomic mass is 10.0. The first-order valence-electron chi connectivity index (χ1n) is 8.84. The van der Waals surface area contributed by atoms with Crippen LogP contribution in [0.3, 0.4) is 0 Å². The maximum Gasteiger partial charge on any atom is 0.334 e. The van der Waals surface area contributed by atoms with Gasteiger partial charge in [0.25, 0.3) is 0 Å². The molecule has 0 spiro atoms. The van der Waals surface area contributed by atoms with E-state index in [0.29, 0.717) is 0 Å². The molecule has 0 radical (unpaired) electrons. The molecule has 0 bridgehead atoms. The molecule has 0 fully saturated rings. The summed E-state index contributed by atoms with van der Waals surface area (Å²) in [5, 5.41) is 6.20. The molecule has 1 atom stereocenters. The molecule has 31 heavy (non-hydrogen) atoms. The molecule has 0 aliphatic heterocycles. The van der Waals surface area contributed by atoms with Crippen molar-refractivity contribution in [1.82, 2.24) is 30.9 Å². The number of aromatic nitrogens is 3. The summed E-state index contributed by atoms with van der Waals surface area (Å²) < 4.78 is 43.8. The number of hydrazine groups is 1. The Morgan fingerprint density at radius 3 is 2.45 bits per heavy atom. The van der Waals surface area contributed by atoms with Crippen molar-refractivity contribution in [3.8, 4) is 16.8 Å². The van der Waals surface area contributed by atoms with Crippen LogP contribution in [0.2, 0.25) is 5.02 Å². The Morgan fingerprint density at radius 1 is 1.10 bits per heavy atom. The van der Waals surface area contributed by atoms with E-state index in [9.17, 15) is 22.8 Å². The molecule has 3 rings (SSSR count). The number of halogens is 4.